The molecule has 1 atom stereocenters. The Hall–Kier alpha value is -2.54. The molecule has 0 radical (unpaired) electrons. The average molecular weight is 399 g/mol. The van der Waals surface area contributed by atoms with Gasteiger partial charge in [0.05, 0.1) is 4.90 Å². The van der Waals surface area contributed by atoms with Crippen LogP contribution in [0.1, 0.15) is 11.6 Å². The number of hydrogen-bond acceptors (Lipinski definition) is 3. The quantitative estimate of drug-likeness (QED) is 0.653. The zero-order chi connectivity index (χ0) is 20.1. The van der Waals surface area contributed by atoms with Crippen LogP contribution in [0.5, 0.6) is 0 Å². The highest BCUT2D eigenvalue weighted by molar-refractivity contribution is 7.89. The maximum atomic E-state index is 13.6. The first-order chi connectivity index (χ1) is 13.4. The molecule has 0 saturated heterocycles. The van der Waals surface area contributed by atoms with Crippen LogP contribution in [0.4, 0.5) is 4.39 Å². The molecule has 0 fully saturated rings. The van der Waals surface area contributed by atoms with Crippen LogP contribution in [-0.2, 0) is 10.0 Å². The number of sulfonamides is 1. The predicted octanol–water partition coefficient (Wildman–Crippen LogP) is 4.07. The molecule has 0 spiro atoms. The van der Waals surface area contributed by atoms with E-state index in [1.807, 2.05) is 55.4 Å². The zero-order valence-electron chi connectivity index (χ0n) is 15.8. The fourth-order valence-electron chi connectivity index (χ4n) is 3.14. The van der Waals surface area contributed by atoms with Crippen molar-refractivity contribution in [2.75, 3.05) is 20.6 Å². The van der Waals surface area contributed by atoms with Gasteiger partial charge in [-0.05, 0) is 43.4 Å². The van der Waals surface area contributed by atoms with E-state index in [1.54, 1.807) is 30.3 Å². The summed E-state index contributed by atoms with van der Waals surface area (Å²) in [6.07, 6.45) is 0. The van der Waals surface area contributed by atoms with E-state index >= 15 is 0 Å². The van der Waals surface area contributed by atoms with Gasteiger partial charge in [0, 0.05) is 18.2 Å². The molecule has 3 rings (SSSR count). The van der Waals surface area contributed by atoms with E-state index in [9.17, 15) is 12.8 Å². The molecule has 0 saturated carbocycles. The minimum absolute atomic E-state index is 0.127. The highest BCUT2D eigenvalue weighted by atomic mass is 32.2. The van der Waals surface area contributed by atoms with E-state index in [0.29, 0.717) is 11.1 Å². The van der Waals surface area contributed by atoms with Crippen LogP contribution in [0.3, 0.4) is 0 Å². The number of halogens is 1. The Morgan fingerprint density at radius 3 is 2.29 bits per heavy atom. The molecule has 0 aliphatic heterocycles. The Kier molecular flexibility index (Phi) is 6.24. The van der Waals surface area contributed by atoms with E-state index in [1.165, 1.54) is 12.1 Å². The molecule has 4 nitrogen and oxygen atoms in total. The SMILES string of the molecule is CN(C)C(CNS(=O)(=O)c1ccccc1-c1ccccc1)c1cccc(F)c1. The van der Waals surface area contributed by atoms with Gasteiger partial charge in [0.25, 0.3) is 0 Å². The number of nitrogens with one attached hydrogen (secondary N) is 1. The van der Waals surface area contributed by atoms with Crippen molar-refractivity contribution in [3.8, 4) is 11.1 Å². The van der Waals surface area contributed by atoms with Crippen molar-refractivity contribution in [1.82, 2.24) is 9.62 Å². The molecule has 6 heteroatoms. The molecule has 0 bridgehead atoms. The van der Waals surface area contributed by atoms with E-state index in [-0.39, 0.29) is 23.3 Å². The molecule has 3 aromatic rings. The van der Waals surface area contributed by atoms with Crippen LogP contribution in [-0.4, -0.2) is 34.0 Å². The van der Waals surface area contributed by atoms with Crippen LogP contribution >= 0.6 is 0 Å². The summed E-state index contributed by atoms with van der Waals surface area (Å²) in [5.74, 6) is -0.346. The van der Waals surface area contributed by atoms with Crippen molar-refractivity contribution in [2.24, 2.45) is 0 Å². The Labute approximate surface area is 165 Å². The first-order valence-corrected chi connectivity index (χ1v) is 10.4. The lowest BCUT2D eigenvalue weighted by Gasteiger charge is -2.25. The van der Waals surface area contributed by atoms with Crippen molar-refractivity contribution in [1.29, 1.82) is 0 Å². The molecule has 1 N–H and O–H groups in total. The molecule has 146 valence electrons. The predicted molar refractivity (Wildman–Crippen MR) is 110 cm³/mol. The minimum Gasteiger partial charge on any atom is -0.301 e. The normalized spacial score (nSPS) is 12.9. The maximum absolute atomic E-state index is 13.6. The van der Waals surface area contributed by atoms with Crippen LogP contribution in [0.15, 0.2) is 83.8 Å². The lowest BCUT2D eigenvalue weighted by Crippen LogP contribution is -2.34. The average Bonchev–Trinajstić information content (AvgIpc) is 2.68. The van der Waals surface area contributed by atoms with Gasteiger partial charge in [-0.2, -0.15) is 0 Å². The summed E-state index contributed by atoms with van der Waals surface area (Å²) in [7, 11) is -0.0860. The summed E-state index contributed by atoms with van der Waals surface area (Å²) >= 11 is 0. The largest absolute Gasteiger partial charge is 0.301 e. The Morgan fingerprint density at radius 1 is 0.929 bits per heavy atom. The molecule has 0 aliphatic carbocycles. The van der Waals surface area contributed by atoms with Crippen LogP contribution in [0.25, 0.3) is 11.1 Å². The Morgan fingerprint density at radius 2 is 1.61 bits per heavy atom. The molecule has 0 heterocycles. The Balaban J connectivity index is 1.88. The Bertz CT molecular complexity index is 1040. The van der Waals surface area contributed by atoms with E-state index in [0.717, 1.165) is 5.56 Å². The van der Waals surface area contributed by atoms with Gasteiger partial charge in [-0.1, -0.05) is 60.7 Å². The molecule has 0 aliphatic rings. The van der Waals surface area contributed by atoms with E-state index in [2.05, 4.69) is 4.72 Å². The second kappa shape index (κ2) is 8.65. The third kappa shape index (κ3) is 4.65. The van der Waals surface area contributed by atoms with Gasteiger partial charge in [0.2, 0.25) is 10.0 Å². The van der Waals surface area contributed by atoms with E-state index < -0.39 is 10.0 Å². The smallest absolute Gasteiger partial charge is 0.241 e. The zero-order valence-corrected chi connectivity index (χ0v) is 16.7. The molecule has 0 amide bonds. The summed E-state index contributed by atoms with van der Waals surface area (Å²) < 4.78 is 42.4. The third-order valence-electron chi connectivity index (χ3n) is 4.58. The second-order valence-electron chi connectivity index (χ2n) is 6.75. The van der Waals surface area contributed by atoms with Crippen molar-refractivity contribution < 1.29 is 12.8 Å². The van der Waals surface area contributed by atoms with Gasteiger partial charge in [-0.25, -0.2) is 17.5 Å². The number of nitrogens with zero attached hydrogens (tertiary/aromatic N) is 1. The van der Waals surface area contributed by atoms with Crippen LogP contribution < -0.4 is 4.72 Å². The molecule has 28 heavy (non-hydrogen) atoms. The molecular weight excluding hydrogens is 375 g/mol. The molecule has 3 aromatic carbocycles. The van der Waals surface area contributed by atoms with Gasteiger partial charge in [0.1, 0.15) is 5.82 Å². The highest BCUT2D eigenvalue weighted by Gasteiger charge is 2.22. The summed E-state index contributed by atoms with van der Waals surface area (Å²) in [5, 5.41) is 0. The maximum Gasteiger partial charge on any atom is 0.241 e. The molecule has 1 unspecified atom stereocenters. The lowest BCUT2D eigenvalue weighted by atomic mass is 10.1. The van der Waals surface area contributed by atoms with Crippen molar-refractivity contribution in [3.05, 3.63) is 90.2 Å². The fourth-order valence-corrected chi connectivity index (χ4v) is 4.40. The summed E-state index contributed by atoms with van der Waals surface area (Å²) in [4.78, 5) is 2.08. The topological polar surface area (TPSA) is 49.4 Å². The summed E-state index contributed by atoms with van der Waals surface area (Å²) in [5.41, 5.74) is 2.18. The number of benzene rings is 3. The number of likely N-dealkylation sites (N-methyl/N-ethyl adjacent to an activating group) is 1. The first kappa shape index (κ1) is 20.2. The molecule has 0 aromatic heterocycles. The summed E-state index contributed by atoms with van der Waals surface area (Å²) in [6.45, 7) is 0.127. The standard InChI is InChI=1S/C22H23FN2O2S/c1-25(2)21(18-11-8-12-19(23)15-18)16-24-28(26,27)22-14-7-6-13-20(22)17-9-4-3-5-10-17/h3-15,21,24H,16H2,1-2H3. The fraction of sp³-hybridized carbons (Fsp3) is 0.182. The van der Waals surface area contributed by atoms with Crippen molar-refractivity contribution in [2.45, 2.75) is 10.9 Å². The van der Waals surface area contributed by atoms with Gasteiger partial charge >= 0.3 is 0 Å². The van der Waals surface area contributed by atoms with Crippen LogP contribution in [0, 0.1) is 5.82 Å². The monoisotopic (exact) mass is 398 g/mol. The van der Waals surface area contributed by atoms with Crippen molar-refractivity contribution in [3.63, 3.8) is 0 Å². The minimum atomic E-state index is -3.76. The third-order valence-corrected chi connectivity index (χ3v) is 6.07. The summed E-state index contributed by atoms with van der Waals surface area (Å²) in [6, 6.07) is 22.2. The highest BCUT2D eigenvalue weighted by Crippen LogP contribution is 2.27. The van der Waals surface area contributed by atoms with Crippen molar-refractivity contribution >= 4 is 10.0 Å². The van der Waals surface area contributed by atoms with Gasteiger partial charge < -0.3 is 4.90 Å². The molecular formula is C22H23FN2O2S. The van der Waals surface area contributed by atoms with Gasteiger partial charge in [0.15, 0.2) is 0 Å². The second-order valence-corrected chi connectivity index (χ2v) is 8.48. The number of hydrogen-bond donors (Lipinski definition) is 1. The van der Waals surface area contributed by atoms with Gasteiger partial charge in [-0.15, -0.1) is 0 Å². The first-order valence-electron chi connectivity index (χ1n) is 8.94. The lowest BCUT2D eigenvalue weighted by molar-refractivity contribution is 0.299. The number of rotatable bonds is 7. The van der Waals surface area contributed by atoms with Gasteiger partial charge in [-0.3, -0.25) is 0 Å². The van der Waals surface area contributed by atoms with E-state index in [4.69, 9.17) is 0 Å². The van der Waals surface area contributed by atoms with Crippen LogP contribution in [0.2, 0.25) is 0 Å².